The van der Waals surface area contributed by atoms with Crippen molar-refractivity contribution >= 4 is 21.7 Å². The molecular weight excluding hydrogens is 328 g/mol. The first-order chi connectivity index (χ1) is 10.2. The van der Waals surface area contributed by atoms with Crippen LogP contribution in [0.25, 0.3) is 0 Å². The van der Waals surface area contributed by atoms with Crippen LogP contribution in [0.2, 0.25) is 0 Å². The molecule has 2 aliphatic rings. The summed E-state index contributed by atoms with van der Waals surface area (Å²) < 4.78 is 1.02. The zero-order valence-corrected chi connectivity index (χ0v) is 14.0. The SMILES string of the molecule is O=C(CCCN1CCN2CCCC2C1)c1ccc(Br)cc1. The highest BCUT2D eigenvalue weighted by Crippen LogP contribution is 2.21. The lowest BCUT2D eigenvalue weighted by atomic mass is 10.1. The lowest BCUT2D eigenvalue weighted by Gasteiger charge is -2.37. The molecule has 2 saturated heterocycles. The van der Waals surface area contributed by atoms with Gasteiger partial charge in [-0.1, -0.05) is 28.1 Å². The number of hydrogen-bond acceptors (Lipinski definition) is 3. The maximum Gasteiger partial charge on any atom is 0.162 e. The summed E-state index contributed by atoms with van der Waals surface area (Å²) in [6.45, 7) is 5.94. The fourth-order valence-corrected chi connectivity index (χ4v) is 3.77. The molecule has 3 nitrogen and oxygen atoms in total. The van der Waals surface area contributed by atoms with E-state index in [1.54, 1.807) is 0 Å². The molecule has 2 aliphatic heterocycles. The van der Waals surface area contributed by atoms with E-state index in [0.717, 1.165) is 29.0 Å². The zero-order chi connectivity index (χ0) is 14.7. The molecule has 2 fully saturated rings. The number of Topliss-reactive ketones (excluding diaryl/α,β-unsaturated/α-hetero) is 1. The Labute approximate surface area is 135 Å². The molecular formula is C17H23BrN2O. The van der Waals surface area contributed by atoms with Crippen molar-refractivity contribution in [1.82, 2.24) is 9.80 Å². The summed E-state index contributed by atoms with van der Waals surface area (Å²) in [5.41, 5.74) is 0.832. The van der Waals surface area contributed by atoms with Crippen LogP contribution in [0.3, 0.4) is 0 Å². The molecule has 1 aromatic carbocycles. The number of hydrogen-bond donors (Lipinski definition) is 0. The van der Waals surface area contributed by atoms with Gasteiger partial charge >= 0.3 is 0 Å². The van der Waals surface area contributed by atoms with Gasteiger partial charge in [-0.2, -0.15) is 0 Å². The minimum Gasteiger partial charge on any atom is -0.300 e. The van der Waals surface area contributed by atoms with Crippen molar-refractivity contribution in [3.63, 3.8) is 0 Å². The van der Waals surface area contributed by atoms with E-state index in [0.29, 0.717) is 6.42 Å². The van der Waals surface area contributed by atoms with Gasteiger partial charge < -0.3 is 4.90 Å². The summed E-state index contributed by atoms with van der Waals surface area (Å²) in [6, 6.07) is 8.47. The van der Waals surface area contributed by atoms with Crippen molar-refractivity contribution in [1.29, 1.82) is 0 Å². The number of nitrogens with zero attached hydrogens (tertiary/aromatic N) is 2. The summed E-state index contributed by atoms with van der Waals surface area (Å²) in [5.74, 6) is 0.266. The van der Waals surface area contributed by atoms with E-state index >= 15 is 0 Å². The largest absolute Gasteiger partial charge is 0.300 e. The highest BCUT2D eigenvalue weighted by molar-refractivity contribution is 9.10. The quantitative estimate of drug-likeness (QED) is 0.762. The van der Waals surface area contributed by atoms with Crippen LogP contribution in [-0.2, 0) is 0 Å². The van der Waals surface area contributed by atoms with Gasteiger partial charge in [-0.3, -0.25) is 9.69 Å². The maximum atomic E-state index is 12.1. The summed E-state index contributed by atoms with van der Waals surface area (Å²) in [5, 5.41) is 0. The molecule has 0 saturated carbocycles. The van der Waals surface area contributed by atoms with Crippen LogP contribution in [0, 0.1) is 0 Å². The second-order valence-electron chi connectivity index (χ2n) is 6.17. The first-order valence-corrected chi connectivity index (χ1v) is 8.77. The Hall–Kier alpha value is -0.710. The average Bonchev–Trinajstić information content (AvgIpc) is 2.95. The van der Waals surface area contributed by atoms with E-state index in [4.69, 9.17) is 0 Å². The summed E-state index contributed by atoms with van der Waals surface area (Å²) in [7, 11) is 0. The molecule has 2 heterocycles. The van der Waals surface area contributed by atoms with Crippen LogP contribution >= 0.6 is 15.9 Å². The third-order valence-electron chi connectivity index (χ3n) is 4.72. The molecule has 114 valence electrons. The topological polar surface area (TPSA) is 23.6 Å². The molecule has 1 atom stereocenters. The molecule has 0 amide bonds. The summed E-state index contributed by atoms with van der Waals surface area (Å²) in [6.07, 6.45) is 4.35. The zero-order valence-electron chi connectivity index (χ0n) is 12.4. The highest BCUT2D eigenvalue weighted by Gasteiger charge is 2.30. The molecule has 1 aromatic rings. The third kappa shape index (κ3) is 3.93. The van der Waals surface area contributed by atoms with Gasteiger partial charge in [0.2, 0.25) is 0 Å². The Balaban J connectivity index is 1.41. The molecule has 0 radical (unpaired) electrons. The fraction of sp³-hybridized carbons (Fsp3) is 0.588. The van der Waals surface area contributed by atoms with E-state index in [1.807, 2.05) is 24.3 Å². The molecule has 3 rings (SSSR count). The lowest BCUT2D eigenvalue weighted by molar-refractivity contribution is 0.0927. The number of ketones is 1. The standard InChI is InChI=1S/C17H23BrN2O/c18-15-7-5-14(6-8-15)17(21)4-2-9-19-11-12-20-10-1-3-16(20)13-19/h5-8,16H,1-4,9-13H2. The first kappa shape index (κ1) is 15.2. The third-order valence-corrected chi connectivity index (χ3v) is 5.24. The fourth-order valence-electron chi connectivity index (χ4n) is 3.50. The van der Waals surface area contributed by atoms with Crippen molar-refractivity contribution < 1.29 is 4.79 Å². The molecule has 1 unspecified atom stereocenters. The maximum absolute atomic E-state index is 12.1. The van der Waals surface area contributed by atoms with Crippen molar-refractivity contribution in [2.75, 3.05) is 32.7 Å². The molecule has 0 aliphatic carbocycles. The summed E-state index contributed by atoms with van der Waals surface area (Å²) >= 11 is 3.40. The number of fused-ring (bicyclic) bond motifs is 1. The second-order valence-corrected chi connectivity index (χ2v) is 7.08. The number of carbonyl (C=O) groups is 1. The van der Waals surface area contributed by atoms with Crippen LogP contribution in [-0.4, -0.2) is 54.3 Å². The lowest BCUT2D eigenvalue weighted by Crippen LogP contribution is -2.50. The normalized spacial score (nSPS) is 23.2. The van der Waals surface area contributed by atoms with E-state index in [2.05, 4.69) is 25.7 Å². The Morgan fingerprint density at radius 3 is 2.81 bits per heavy atom. The minimum atomic E-state index is 0.266. The molecule has 0 N–H and O–H groups in total. The van der Waals surface area contributed by atoms with Gasteiger partial charge in [0.15, 0.2) is 5.78 Å². The Kier molecular flexibility index (Phi) is 5.09. The van der Waals surface area contributed by atoms with E-state index in [1.165, 1.54) is 39.0 Å². The monoisotopic (exact) mass is 350 g/mol. The second kappa shape index (κ2) is 7.03. The Morgan fingerprint density at radius 1 is 1.19 bits per heavy atom. The minimum absolute atomic E-state index is 0.266. The van der Waals surface area contributed by atoms with Gasteiger partial charge in [0.25, 0.3) is 0 Å². The van der Waals surface area contributed by atoms with Gasteiger partial charge in [0.05, 0.1) is 0 Å². The van der Waals surface area contributed by atoms with Crippen LogP contribution in [0.15, 0.2) is 28.7 Å². The first-order valence-electron chi connectivity index (χ1n) is 7.97. The van der Waals surface area contributed by atoms with Gasteiger partial charge in [-0.05, 0) is 44.5 Å². The van der Waals surface area contributed by atoms with E-state index in [-0.39, 0.29) is 5.78 Å². The van der Waals surface area contributed by atoms with Crippen molar-refractivity contribution in [3.05, 3.63) is 34.3 Å². The number of carbonyl (C=O) groups excluding carboxylic acids is 1. The predicted octanol–water partition coefficient (Wildman–Crippen LogP) is 3.19. The smallest absolute Gasteiger partial charge is 0.162 e. The molecule has 0 bridgehead atoms. The number of piperazine rings is 1. The van der Waals surface area contributed by atoms with Crippen LogP contribution in [0.1, 0.15) is 36.0 Å². The van der Waals surface area contributed by atoms with Crippen LogP contribution in [0.4, 0.5) is 0 Å². The van der Waals surface area contributed by atoms with Crippen molar-refractivity contribution in [2.24, 2.45) is 0 Å². The number of benzene rings is 1. The highest BCUT2D eigenvalue weighted by atomic mass is 79.9. The predicted molar refractivity (Wildman–Crippen MR) is 88.7 cm³/mol. The molecule has 21 heavy (non-hydrogen) atoms. The molecule has 0 aromatic heterocycles. The van der Waals surface area contributed by atoms with Crippen LogP contribution in [0.5, 0.6) is 0 Å². The Morgan fingerprint density at radius 2 is 2.00 bits per heavy atom. The summed E-state index contributed by atoms with van der Waals surface area (Å²) in [4.78, 5) is 17.3. The van der Waals surface area contributed by atoms with E-state index in [9.17, 15) is 4.79 Å². The van der Waals surface area contributed by atoms with E-state index < -0.39 is 0 Å². The average molecular weight is 351 g/mol. The van der Waals surface area contributed by atoms with Crippen LogP contribution < -0.4 is 0 Å². The van der Waals surface area contributed by atoms with Gasteiger partial charge in [0, 0.05) is 42.1 Å². The van der Waals surface area contributed by atoms with Crippen molar-refractivity contribution in [2.45, 2.75) is 31.7 Å². The molecule has 4 heteroatoms. The number of halogens is 1. The van der Waals surface area contributed by atoms with Crippen molar-refractivity contribution in [3.8, 4) is 0 Å². The van der Waals surface area contributed by atoms with Gasteiger partial charge in [0.1, 0.15) is 0 Å². The molecule has 0 spiro atoms. The number of rotatable bonds is 5. The van der Waals surface area contributed by atoms with Gasteiger partial charge in [-0.15, -0.1) is 0 Å². The van der Waals surface area contributed by atoms with Gasteiger partial charge in [-0.25, -0.2) is 0 Å². The Bertz CT molecular complexity index is 488.